The summed E-state index contributed by atoms with van der Waals surface area (Å²) in [6.45, 7) is 2.16. The van der Waals surface area contributed by atoms with E-state index in [1.54, 1.807) is 12.3 Å². The molecule has 0 fully saturated rings. The number of nitrogens with zero attached hydrogens (tertiary/aromatic N) is 2. The predicted molar refractivity (Wildman–Crippen MR) is 62.2 cm³/mol. The minimum atomic E-state index is 0.0649. The Morgan fingerprint density at radius 2 is 2.25 bits per heavy atom. The first-order valence-electron chi connectivity index (χ1n) is 5.23. The van der Waals surface area contributed by atoms with Gasteiger partial charge in [0.25, 0.3) is 0 Å². The van der Waals surface area contributed by atoms with Crippen LogP contribution < -0.4 is 4.74 Å². The van der Waals surface area contributed by atoms with Gasteiger partial charge in [-0.1, -0.05) is 19.1 Å². The van der Waals surface area contributed by atoms with Gasteiger partial charge in [0.05, 0.1) is 5.52 Å². The van der Waals surface area contributed by atoms with Gasteiger partial charge in [-0.05, 0) is 24.1 Å². The van der Waals surface area contributed by atoms with E-state index < -0.39 is 0 Å². The number of hydrogen-bond donors (Lipinski definition) is 0. The van der Waals surface area contributed by atoms with E-state index >= 15 is 0 Å². The zero-order chi connectivity index (χ0) is 11.4. The highest BCUT2D eigenvalue weighted by Crippen LogP contribution is 2.26. The topological polar surface area (TPSA) is 45.9 Å². The summed E-state index contributed by atoms with van der Waals surface area (Å²) in [6.07, 6.45) is 2.65. The number of benzene rings is 1. The zero-order valence-corrected chi connectivity index (χ0v) is 9.10. The first-order valence-corrected chi connectivity index (χ1v) is 5.23. The van der Waals surface area contributed by atoms with Crippen LogP contribution in [0.5, 0.6) is 5.75 Å². The Bertz CT molecular complexity index is 543. The van der Waals surface area contributed by atoms with Crippen LogP contribution >= 0.6 is 0 Å². The normalized spacial score (nSPS) is 10.0. The maximum Gasteiger partial charge on any atom is 0.174 e. The molecule has 0 spiro atoms. The third kappa shape index (κ3) is 1.82. The van der Waals surface area contributed by atoms with E-state index in [4.69, 9.17) is 10.00 Å². The van der Waals surface area contributed by atoms with E-state index in [2.05, 4.69) is 18.0 Å². The Morgan fingerprint density at radius 1 is 1.38 bits per heavy atom. The fourth-order valence-corrected chi connectivity index (χ4v) is 1.73. The van der Waals surface area contributed by atoms with Crippen molar-refractivity contribution in [1.29, 1.82) is 5.26 Å². The molecule has 0 aliphatic heterocycles. The molecular formula is C13H12N2O. The lowest BCUT2D eigenvalue weighted by Gasteiger charge is -2.07. The van der Waals surface area contributed by atoms with E-state index in [1.807, 2.05) is 18.2 Å². The van der Waals surface area contributed by atoms with Crippen molar-refractivity contribution in [3.05, 3.63) is 36.0 Å². The molecule has 0 unspecified atom stereocenters. The van der Waals surface area contributed by atoms with Crippen molar-refractivity contribution >= 4 is 10.9 Å². The molecule has 0 amide bonds. The molecule has 0 aliphatic carbocycles. The number of pyridine rings is 1. The van der Waals surface area contributed by atoms with E-state index in [0.717, 1.165) is 23.1 Å². The summed E-state index contributed by atoms with van der Waals surface area (Å²) >= 11 is 0. The van der Waals surface area contributed by atoms with E-state index in [0.29, 0.717) is 0 Å². The van der Waals surface area contributed by atoms with Crippen LogP contribution in [0.4, 0.5) is 0 Å². The lowest BCUT2D eigenvalue weighted by molar-refractivity contribution is 0.372. The summed E-state index contributed by atoms with van der Waals surface area (Å²) in [4.78, 5) is 4.36. The van der Waals surface area contributed by atoms with Crippen molar-refractivity contribution in [2.75, 3.05) is 6.61 Å². The van der Waals surface area contributed by atoms with Gasteiger partial charge in [0.2, 0.25) is 0 Å². The summed E-state index contributed by atoms with van der Waals surface area (Å²) in [5.74, 6) is 0.724. The molecule has 0 N–H and O–H groups in total. The number of para-hydroxylation sites is 1. The van der Waals surface area contributed by atoms with Gasteiger partial charge in [-0.15, -0.1) is 0 Å². The lowest BCUT2D eigenvalue weighted by atomic mass is 10.1. The molecule has 2 rings (SSSR count). The number of aromatic nitrogens is 1. The second kappa shape index (κ2) is 4.63. The largest absolute Gasteiger partial charge is 0.478 e. The van der Waals surface area contributed by atoms with Crippen LogP contribution in [0.15, 0.2) is 30.5 Å². The van der Waals surface area contributed by atoms with Crippen LogP contribution in [0.1, 0.15) is 12.5 Å². The Labute approximate surface area is 94.3 Å². The summed E-state index contributed by atoms with van der Waals surface area (Å²) in [6, 6.07) is 9.77. The Balaban J connectivity index is 2.56. The molecule has 3 nitrogen and oxygen atoms in total. The molecule has 0 saturated heterocycles. The van der Waals surface area contributed by atoms with Crippen molar-refractivity contribution in [3.63, 3.8) is 0 Å². The second-order valence-corrected chi connectivity index (χ2v) is 3.42. The Hall–Kier alpha value is -2.08. The van der Waals surface area contributed by atoms with Gasteiger partial charge in [0, 0.05) is 11.6 Å². The smallest absolute Gasteiger partial charge is 0.174 e. The highest BCUT2D eigenvalue weighted by Gasteiger charge is 2.05. The molecule has 80 valence electrons. The van der Waals surface area contributed by atoms with Crippen molar-refractivity contribution in [1.82, 2.24) is 4.98 Å². The quantitative estimate of drug-likeness (QED) is 0.785. The molecule has 16 heavy (non-hydrogen) atoms. The molecule has 0 radical (unpaired) electrons. The van der Waals surface area contributed by atoms with Gasteiger partial charge < -0.3 is 4.74 Å². The molecule has 0 bridgehead atoms. The van der Waals surface area contributed by atoms with E-state index in [1.165, 1.54) is 5.56 Å². The van der Waals surface area contributed by atoms with Crippen molar-refractivity contribution in [3.8, 4) is 11.8 Å². The first kappa shape index (κ1) is 10.4. The summed E-state index contributed by atoms with van der Waals surface area (Å²) in [5.41, 5.74) is 2.15. The van der Waals surface area contributed by atoms with Crippen LogP contribution in [0, 0.1) is 11.3 Å². The monoisotopic (exact) mass is 212 g/mol. The highest BCUT2D eigenvalue weighted by molar-refractivity contribution is 5.87. The standard InChI is InChI=1S/C13H12N2O/c1-2-10-4-3-5-11-12(16-9-7-14)6-8-15-13(10)11/h3-6,8H,2,9H2,1H3. The van der Waals surface area contributed by atoms with Gasteiger partial charge in [-0.3, -0.25) is 4.98 Å². The number of hydrogen-bond acceptors (Lipinski definition) is 3. The highest BCUT2D eigenvalue weighted by atomic mass is 16.5. The number of rotatable bonds is 3. The molecule has 0 aliphatic rings. The van der Waals surface area contributed by atoms with Crippen molar-refractivity contribution in [2.45, 2.75) is 13.3 Å². The molecule has 2 aromatic rings. The van der Waals surface area contributed by atoms with Crippen molar-refractivity contribution in [2.24, 2.45) is 0 Å². The lowest BCUT2D eigenvalue weighted by Crippen LogP contribution is -1.96. The predicted octanol–water partition coefficient (Wildman–Crippen LogP) is 2.70. The van der Waals surface area contributed by atoms with Crippen LogP contribution in [0.25, 0.3) is 10.9 Å². The van der Waals surface area contributed by atoms with Crippen molar-refractivity contribution < 1.29 is 4.74 Å². The molecule has 0 saturated carbocycles. The van der Waals surface area contributed by atoms with Gasteiger partial charge in [-0.25, -0.2) is 0 Å². The average Bonchev–Trinajstić information content (AvgIpc) is 2.35. The summed E-state index contributed by atoms with van der Waals surface area (Å²) < 4.78 is 5.37. The fourth-order valence-electron chi connectivity index (χ4n) is 1.73. The van der Waals surface area contributed by atoms with Gasteiger partial charge in [-0.2, -0.15) is 5.26 Å². The number of fused-ring (bicyclic) bond motifs is 1. The van der Waals surface area contributed by atoms with E-state index in [-0.39, 0.29) is 6.61 Å². The SMILES string of the molecule is CCc1cccc2c(OCC#N)ccnc12. The third-order valence-corrected chi connectivity index (χ3v) is 2.49. The summed E-state index contributed by atoms with van der Waals surface area (Å²) in [5, 5.41) is 9.48. The van der Waals surface area contributed by atoms with E-state index in [9.17, 15) is 0 Å². The maximum atomic E-state index is 8.51. The fraction of sp³-hybridized carbons (Fsp3) is 0.231. The molecule has 1 heterocycles. The third-order valence-electron chi connectivity index (χ3n) is 2.49. The summed E-state index contributed by atoms with van der Waals surface area (Å²) in [7, 11) is 0. The van der Waals surface area contributed by atoms with Crippen LogP contribution in [0.3, 0.4) is 0 Å². The average molecular weight is 212 g/mol. The number of aryl methyl sites for hydroxylation is 1. The van der Waals surface area contributed by atoms with Crippen LogP contribution in [0.2, 0.25) is 0 Å². The minimum Gasteiger partial charge on any atom is -0.478 e. The van der Waals surface area contributed by atoms with Crippen LogP contribution in [-0.2, 0) is 6.42 Å². The van der Waals surface area contributed by atoms with Gasteiger partial charge in [0.1, 0.15) is 11.8 Å². The Kier molecular flexibility index (Phi) is 3.02. The Morgan fingerprint density at radius 3 is 3.00 bits per heavy atom. The molecule has 3 heteroatoms. The second-order valence-electron chi connectivity index (χ2n) is 3.42. The van der Waals surface area contributed by atoms with Crippen LogP contribution in [-0.4, -0.2) is 11.6 Å². The minimum absolute atomic E-state index is 0.0649. The zero-order valence-electron chi connectivity index (χ0n) is 9.10. The maximum absolute atomic E-state index is 8.51. The molecular weight excluding hydrogens is 200 g/mol. The molecule has 0 atom stereocenters. The molecule has 1 aromatic heterocycles. The number of nitriles is 1. The van der Waals surface area contributed by atoms with Gasteiger partial charge >= 0.3 is 0 Å². The molecule has 1 aromatic carbocycles. The number of ether oxygens (including phenoxy) is 1. The van der Waals surface area contributed by atoms with Gasteiger partial charge in [0.15, 0.2) is 6.61 Å². The first-order chi connectivity index (χ1) is 7.86.